The first-order chi connectivity index (χ1) is 19.5. The Kier molecular flexibility index (Phi) is 8.53. The van der Waals surface area contributed by atoms with Crippen LogP contribution in [-0.4, -0.2) is 16.2 Å². The van der Waals surface area contributed by atoms with Crippen LogP contribution in [0.5, 0.6) is 23.0 Å². The van der Waals surface area contributed by atoms with E-state index >= 15 is 0 Å². The predicted octanol–water partition coefficient (Wildman–Crippen LogP) is 8.49. The zero-order chi connectivity index (χ0) is 28.1. The summed E-state index contributed by atoms with van der Waals surface area (Å²) in [5, 5.41) is 20.2. The molecule has 212 valence electrons. The molecule has 0 amide bonds. The van der Waals surface area contributed by atoms with Crippen molar-refractivity contribution < 1.29 is 24.5 Å². The highest BCUT2D eigenvalue weighted by molar-refractivity contribution is 6.02. The minimum absolute atomic E-state index is 0.0271. The maximum atomic E-state index is 13.4. The summed E-state index contributed by atoms with van der Waals surface area (Å²) in [4.78, 5) is 13.4. The van der Waals surface area contributed by atoms with Gasteiger partial charge in [-0.1, -0.05) is 89.7 Å². The molecule has 0 aromatic heterocycles. The van der Waals surface area contributed by atoms with Crippen molar-refractivity contribution in [3.05, 3.63) is 76.3 Å². The predicted molar refractivity (Wildman–Crippen MR) is 157 cm³/mol. The molecule has 0 fully saturated rings. The van der Waals surface area contributed by atoms with Crippen LogP contribution in [0.4, 0.5) is 5.69 Å². The van der Waals surface area contributed by atoms with Gasteiger partial charge in [0.2, 0.25) is 0 Å². The number of carbonyl (C=O) groups excluding carboxylic acids is 1. The summed E-state index contributed by atoms with van der Waals surface area (Å²) < 4.78 is 12.2. The average molecular weight is 544 g/mol. The van der Waals surface area contributed by atoms with Gasteiger partial charge in [-0.2, -0.15) is 0 Å². The molecule has 6 heteroatoms. The Morgan fingerprint density at radius 2 is 1.20 bits per heavy atom. The third kappa shape index (κ3) is 5.36. The Hall–Kier alpha value is -3.67. The second-order valence-electron chi connectivity index (χ2n) is 11.2. The Morgan fingerprint density at radius 1 is 0.700 bits per heavy atom. The van der Waals surface area contributed by atoms with Gasteiger partial charge in [0.1, 0.15) is 23.0 Å². The van der Waals surface area contributed by atoms with E-state index < -0.39 is 11.6 Å². The van der Waals surface area contributed by atoms with Gasteiger partial charge < -0.3 is 25.4 Å². The van der Waals surface area contributed by atoms with Crippen LogP contribution in [0.3, 0.4) is 0 Å². The van der Waals surface area contributed by atoms with E-state index in [0.717, 1.165) is 24.8 Å². The van der Waals surface area contributed by atoms with E-state index in [0.29, 0.717) is 39.4 Å². The van der Waals surface area contributed by atoms with Gasteiger partial charge in [-0.25, -0.2) is 4.79 Å². The molecule has 5 rings (SSSR count). The number of nitrogen functional groups attached to an aromatic ring is 1. The molecule has 4 N–H and O–H groups in total. The standard InChI is InChI=1S/C34H41NO5/c1-2-3-4-5-6-7-8-9-10-11-12-13-14-23-15-18-28-31(32(23)35)33(38)40-34(28)26-19-16-24(36)21-29(26)39-30-22-25(37)17-20-27(30)34/h15-22,36-37H,2-14,35H2,1H3. The van der Waals surface area contributed by atoms with Crippen LogP contribution in [-0.2, 0) is 16.8 Å². The smallest absolute Gasteiger partial charge is 0.342 e. The summed E-state index contributed by atoms with van der Waals surface area (Å²) in [6, 6.07) is 13.4. The molecule has 0 atom stereocenters. The highest BCUT2D eigenvalue weighted by Crippen LogP contribution is 2.57. The number of hydrogen-bond acceptors (Lipinski definition) is 6. The maximum absolute atomic E-state index is 13.4. The summed E-state index contributed by atoms with van der Waals surface area (Å²) in [5.41, 5.74) is 9.02. The zero-order valence-corrected chi connectivity index (χ0v) is 23.5. The first kappa shape index (κ1) is 27.9. The van der Waals surface area contributed by atoms with Crippen molar-refractivity contribution in [3.63, 3.8) is 0 Å². The number of aryl methyl sites for hydroxylation is 1. The lowest BCUT2D eigenvalue weighted by Crippen LogP contribution is -2.32. The summed E-state index contributed by atoms with van der Waals surface area (Å²) in [6.07, 6.45) is 16.3. The number of esters is 1. The van der Waals surface area contributed by atoms with E-state index in [9.17, 15) is 15.0 Å². The number of carbonyl (C=O) groups is 1. The van der Waals surface area contributed by atoms with Gasteiger partial charge in [0.25, 0.3) is 0 Å². The molecule has 0 unspecified atom stereocenters. The number of hydrogen-bond donors (Lipinski definition) is 3. The lowest BCUT2D eigenvalue weighted by molar-refractivity contribution is 0.0224. The fraction of sp³-hybridized carbons (Fsp3) is 0.441. The molecule has 40 heavy (non-hydrogen) atoms. The monoisotopic (exact) mass is 543 g/mol. The average Bonchev–Trinajstić information content (AvgIpc) is 3.23. The van der Waals surface area contributed by atoms with Crippen molar-refractivity contribution in [2.24, 2.45) is 0 Å². The van der Waals surface area contributed by atoms with E-state index in [2.05, 4.69) is 6.92 Å². The first-order valence-electron chi connectivity index (χ1n) is 15.0. The highest BCUT2D eigenvalue weighted by atomic mass is 16.6. The summed E-state index contributed by atoms with van der Waals surface area (Å²) in [5.74, 6) is 0.290. The minimum Gasteiger partial charge on any atom is -0.508 e. The van der Waals surface area contributed by atoms with Crippen LogP contribution in [0, 0.1) is 0 Å². The number of phenols is 2. The van der Waals surface area contributed by atoms with Gasteiger partial charge in [0, 0.05) is 34.5 Å². The Morgan fingerprint density at radius 3 is 1.75 bits per heavy atom. The highest BCUT2D eigenvalue weighted by Gasteiger charge is 2.54. The third-order valence-electron chi connectivity index (χ3n) is 8.37. The largest absolute Gasteiger partial charge is 0.508 e. The number of phenolic OH excluding ortho intramolecular Hbond substituents is 2. The van der Waals surface area contributed by atoms with E-state index in [4.69, 9.17) is 15.2 Å². The Labute approximate surface area is 237 Å². The van der Waals surface area contributed by atoms with Crippen LogP contribution in [0.15, 0.2) is 48.5 Å². The molecular weight excluding hydrogens is 502 g/mol. The molecule has 2 aliphatic rings. The second-order valence-corrected chi connectivity index (χ2v) is 11.2. The third-order valence-corrected chi connectivity index (χ3v) is 8.37. The van der Waals surface area contributed by atoms with E-state index in [1.54, 1.807) is 24.3 Å². The van der Waals surface area contributed by atoms with Crippen LogP contribution < -0.4 is 10.5 Å². The molecule has 0 radical (unpaired) electrons. The summed E-state index contributed by atoms with van der Waals surface area (Å²) >= 11 is 0. The number of anilines is 1. The summed E-state index contributed by atoms with van der Waals surface area (Å²) in [7, 11) is 0. The number of aromatic hydroxyl groups is 2. The number of nitrogens with two attached hydrogens (primary N) is 1. The van der Waals surface area contributed by atoms with E-state index in [1.807, 2.05) is 12.1 Å². The number of benzene rings is 3. The molecule has 3 aromatic rings. The first-order valence-corrected chi connectivity index (χ1v) is 15.0. The second kappa shape index (κ2) is 12.2. The van der Waals surface area contributed by atoms with E-state index in [1.165, 1.54) is 76.3 Å². The molecule has 0 aliphatic carbocycles. The number of ether oxygens (including phenoxy) is 2. The lowest BCUT2D eigenvalue weighted by atomic mass is 9.77. The molecule has 0 bridgehead atoms. The quantitative estimate of drug-likeness (QED) is 0.113. The molecule has 2 aliphatic heterocycles. The van der Waals surface area contributed by atoms with Gasteiger partial charge in [-0.05, 0) is 42.7 Å². The van der Waals surface area contributed by atoms with Crippen LogP contribution in [0.1, 0.15) is 117 Å². The fourth-order valence-corrected chi connectivity index (χ4v) is 6.23. The maximum Gasteiger partial charge on any atom is 0.342 e. The van der Waals surface area contributed by atoms with Crippen LogP contribution in [0.25, 0.3) is 0 Å². The molecule has 0 saturated carbocycles. The van der Waals surface area contributed by atoms with Crippen molar-refractivity contribution >= 4 is 11.7 Å². The van der Waals surface area contributed by atoms with Gasteiger partial charge in [0.15, 0.2) is 5.60 Å². The van der Waals surface area contributed by atoms with Crippen molar-refractivity contribution in [1.29, 1.82) is 0 Å². The molecule has 0 saturated heterocycles. The van der Waals surface area contributed by atoms with Crippen molar-refractivity contribution in [2.75, 3.05) is 5.73 Å². The fourth-order valence-electron chi connectivity index (χ4n) is 6.23. The van der Waals surface area contributed by atoms with Crippen molar-refractivity contribution in [2.45, 2.75) is 96.0 Å². The molecule has 3 aromatic carbocycles. The number of rotatable bonds is 13. The van der Waals surface area contributed by atoms with Crippen molar-refractivity contribution in [3.8, 4) is 23.0 Å². The van der Waals surface area contributed by atoms with E-state index in [-0.39, 0.29) is 11.5 Å². The van der Waals surface area contributed by atoms with Crippen molar-refractivity contribution in [1.82, 2.24) is 0 Å². The Balaban J connectivity index is 1.27. The molecular formula is C34H41NO5. The SMILES string of the molecule is CCCCCCCCCCCCCCc1ccc2c(c1N)C(=O)OC21c2ccc(O)cc2Oc2cc(O)ccc21. The summed E-state index contributed by atoms with van der Waals surface area (Å²) in [6.45, 7) is 2.26. The normalized spacial score (nSPS) is 14.4. The van der Waals surface area contributed by atoms with Crippen LogP contribution in [0.2, 0.25) is 0 Å². The number of unbranched alkanes of at least 4 members (excludes halogenated alkanes) is 11. The lowest BCUT2D eigenvalue weighted by Gasteiger charge is -2.36. The van der Waals surface area contributed by atoms with Gasteiger partial charge in [-0.3, -0.25) is 0 Å². The topological polar surface area (TPSA) is 102 Å². The van der Waals surface area contributed by atoms with Gasteiger partial charge >= 0.3 is 5.97 Å². The minimum atomic E-state index is -1.28. The van der Waals surface area contributed by atoms with Crippen LogP contribution >= 0.6 is 0 Å². The molecule has 1 spiro atoms. The van der Waals surface area contributed by atoms with Gasteiger partial charge in [-0.15, -0.1) is 0 Å². The zero-order valence-electron chi connectivity index (χ0n) is 23.5. The molecule has 6 nitrogen and oxygen atoms in total. The Bertz CT molecular complexity index is 1310. The molecule has 2 heterocycles. The number of fused-ring (bicyclic) bond motifs is 6. The van der Waals surface area contributed by atoms with Gasteiger partial charge in [0.05, 0.1) is 5.56 Å².